The summed E-state index contributed by atoms with van der Waals surface area (Å²) in [6.45, 7) is 8.67. The average molecular weight is 666 g/mol. The van der Waals surface area contributed by atoms with E-state index in [0.29, 0.717) is 39.4 Å². The molecule has 0 saturated heterocycles. The van der Waals surface area contributed by atoms with Gasteiger partial charge in [0.25, 0.3) is 5.91 Å². The molecule has 1 aliphatic heterocycles. The van der Waals surface area contributed by atoms with E-state index in [4.69, 9.17) is 33.2 Å². The Morgan fingerprint density at radius 2 is 1.45 bits per heavy atom. The number of fused-ring (bicyclic) bond motifs is 1. The number of carbonyl (C=O) groups excluding carboxylic acids is 1. The number of rotatable bonds is 8. The maximum absolute atomic E-state index is 15.2. The zero-order chi connectivity index (χ0) is 33.3. The van der Waals surface area contributed by atoms with Crippen molar-refractivity contribution in [1.82, 2.24) is 15.3 Å². The molecular weight excluding hydrogens is 630 g/mol. The third-order valence-electron chi connectivity index (χ3n) is 8.52. The van der Waals surface area contributed by atoms with Crippen LogP contribution in [-0.4, -0.2) is 15.9 Å². The van der Waals surface area contributed by atoms with Crippen LogP contribution in [0.5, 0.6) is 0 Å². The van der Waals surface area contributed by atoms with E-state index in [0.717, 1.165) is 33.5 Å². The monoisotopic (exact) mass is 664 g/mol. The molecule has 0 spiro atoms. The Balaban J connectivity index is 1.65. The van der Waals surface area contributed by atoms with Crippen LogP contribution in [0.3, 0.4) is 0 Å². The number of hydrogen-bond donors (Lipinski definition) is 1. The lowest BCUT2D eigenvalue weighted by Gasteiger charge is -2.40. The van der Waals surface area contributed by atoms with Crippen LogP contribution >= 0.6 is 23.2 Å². The van der Waals surface area contributed by atoms with Crippen molar-refractivity contribution < 1.29 is 9.18 Å². The van der Waals surface area contributed by atoms with Crippen LogP contribution in [0.2, 0.25) is 10.0 Å². The molecule has 5 aromatic rings. The second-order valence-corrected chi connectivity index (χ2v) is 13.1. The van der Waals surface area contributed by atoms with Gasteiger partial charge in [-0.3, -0.25) is 4.79 Å². The molecule has 5 nitrogen and oxygen atoms in total. The highest BCUT2D eigenvalue weighted by Gasteiger charge is 2.56. The SMILES string of the molecule is Cc1ccc(/C=C2/c3c(C)nc(C(C)C)nc3N(Cc3ccc(Cl)cc3)C2(C(=O)NCc2ccc(Cl)cc2)c2ccc(F)cc2)cc1. The summed E-state index contributed by atoms with van der Waals surface area (Å²) in [5, 5.41) is 4.45. The second kappa shape index (κ2) is 13.3. The van der Waals surface area contributed by atoms with Crippen molar-refractivity contribution in [2.75, 3.05) is 4.90 Å². The van der Waals surface area contributed by atoms with Gasteiger partial charge in [-0.25, -0.2) is 14.4 Å². The Bertz CT molecular complexity index is 1940. The Morgan fingerprint density at radius 1 is 0.851 bits per heavy atom. The van der Waals surface area contributed by atoms with Crippen molar-refractivity contribution in [3.8, 4) is 0 Å². The van der Waals surface area contributed by atoms with Gasteiger partial charge in [-0.2, -0.15) is 0 Å². The summed E-state index contributed by atoms with van der Waals surface area (Å²) >= 11 is 12.4. The normalized spacial score (nSPS) is 16.5. The number of halogens is 3. The molecule has 8 heteroatoms. The highest BCUT2D eigenvalue weighted by Crippen LogP contribution is 2.55. The van der Waals surface area contributed by atoms with Crippen LogP contribution in [0.25, 0.3) is 11.6 Å². The molecule has 1 N–H and O–H groups in total. The second-order valence-electron chi connectivity index (χ2n) is 12.2. The fraction of sp³-hybridized carbons (Fsp3) is 0.205. The molecule has 47 heavy (non-hydrogen) atoms. The summed E-state index contributed by atoms with van der Waals surface area (Å²) in [5.74, 6) is 0.678. The maximum atomic E-state index is 15.2. The average Bonchev–Trinajstić information content (AvgIpc) is 3.32. The fourth-order valence-electron chi connectivity index (χ4n) is 6.10. The van der Waals surface area contributed by atoms with Gasteiger partial charge in [-0.15, -0.1) is 0 Å². The van der Waals surface area contributed by atoms with E-state index in [1.54, 1.807) is 24.3 Å². The molecule has 6 rings (SSSR count). The quantitative estimate of drug-likeness (QED) is 0.180. The lowest BCUT2D eigenvalue weighted by atomic mass is 9.78. The van der Waals surface area contributed by atoms with Gasteiger partial charge in [0.1, 0.15) is 17.5 Å². The van der Waals surface area contributed by atoms with Crippen LogP contribution in [0.1, 0.15) is 64.7 Å². The third-order valence-corrected chi connectivity index (χ3v) is 9.03. The molecule has 0 aliphatic carbocycles. The topological polar surface area (TPSA) is 58.1 Å². The van der Waals surface area contributed by atoms with E-state index in [-0.39, 0.29) is 18.4 Å². The number of aromatic nitrogens is 2. The van der Waals surface area contributed by atoms with Gasteiger partial charge in [0.15, 0.2) is 5.54 Å². The van der Waals surface area contributed by atoms with Crippen LogP contribution < -0.4 is 10.2 Å². The predicted octanol–water partition coefficient (Wildman–Crippen LogP) is 9.44. The van der Waals surface area contributed by atoms with Crippen LogP contribution in [0, 0.1) is 19.7 Å². The molecule has 1 unspecified atom stereocenters. The van der Waals surface area contributed by atoms with E-state index in [9.17, 15) is 4.39 Å². The van der Waals surface area contributed by atoms with Gasteiger partial charge >= 0.3 is 0 Å². The van der Waals surface area contributed by atoms with Crippen LogP contribution in [-0.2, 0) is 23.4 Å². The summed E-state index contributed by atoms with van der Waals surface area (Å²) in [7, 11) is 0. The highest BCUT2D eigenvalue weighted by molar-refractivity contribution is 6.30. The zero-order valence-electron chi connectivity index (χ0n) is 26.7. The van der Waals surface area contributed by atoms with E-state index in [2.05, 4.69) is 19.2 Å². The molecule has 0 bridgehead atoms. The van der Waals surface area contributed by atoms with Crippen molar-refractivity contribution in [3.05, 3.63) is 158 Å². The predicted molar refractivity (Wildman–Crippen MR) is 189 cm³/mol. The summed E-state index contributed by atoms with van der Waals surface area (Å²) in [4.78, 5) is 27.3. The number of aryl methyl sites for hydroxylation is 2. The number of hydrogen-bond acceptors (Lipinski definition) is 4. The van der Waals surface area contributed by atoms with Crippen molar-refractivity contribution in [3.63, 3.8) is 0 Å². The molecule has 1 atom stereocenters. The summed E-state index contributed by atoms with van der Waals surface area (Å²) in [6.07, 6.45) is 2.04. The van der Waals surface area contributed by atoms with Crippen LogP contribution in [0.15, 0.2) is 97.1 Å². The first kappa shape index (κ1) is 32.4. The Labute approximate surface area is 285 Å². The summed E-state index contributed by atoms with van der Waals surface area (Å²) in [6, 6.07) is 29.2. The molecule has 1 aromatic heterocycles. The van der Waals surface area contributed by atoms with Gasteiger partial charge < -0.3 is 10.2 Å². The maximum Gasteiger partial charge on any atom is 0.255 e. The van der Waals surface area contributed by atoms with Gasteiger partial charge in [-0.1, -0.05) is 103 Å². The minimum Gasteiger partial charge on any atom is -0.349 e. The molecule has 238 valence electrons. The minimum atomic E-state index is -1.46. The number of amides is 1. The van der Waals surface area contributed by atoms with Crippen molar-refractivity contribution in [2.24, 2.45) is 0 Å². The first-order valence-electron chi connectivity index (χ1n) is 15.5. The first-order valence-corrected chi connectivity index (χ1v) is 16.3. The van der Waals surface area contributed by atoms with E-state index >= 15 is 4.79 Å². The molecule has 1 amide bonds. The fourth-order valence-corrected chi connectivity index (χ4v) is 6.35. The van der Waals surface area contributed by atoms with Gasteiger partial charge in [-0.05, 0) is 78.6 Å². The Hall–Kier alpha value is -4.52. The molecule has 2 heterocycles. The smallest absolute Gasteiger partial charge is 0.255 e. The number of anilines is 1. The van der Waals surface area contributed by atoms with E-state index < -0.39 is 11.4 Å². The summed E-state index contributed by atoms with van der Waals surface area (Å²) < 4.78 is 14.6. The van der Waals surface area contributed by atoms with Gasteiger partial charge in [0.05, 0.1) is 5.69 Å². The van der Waals surface area contributed by atoms with Crippen molar-refractivity contribution in [2.45, 2.75) is 52.2 Å². The molecule has 0 saturated carbocycles. The minimum absolute atomic E-state index is 0.0421. The lowest BCUT2D eigenvalue weighted by Crippen LogP contribution is -2.54. The molecular formula is C39H35Cl2FN4O. The number of nitrogens with zero attached hydrogens (tertiary/aromatic N) is 3. The number of nitrogens with one attached hydrogen (secondary N) is 1. The third kappa shape index (κ3) is 6.40. The zero-order valence-corrected chi connectivity index (χ0v) is 28.2. The van der Waals surface area contributed by atoms with Crippen LogP contribution in [0.4, 0.5) is 10.2 Å². The van der Waals surface area contributed by atoms with E-state index in [1.165, 1.54) is 12.1 Å². The number of benzene rings is 4. The molecule has 0 fully saturated rings. The first-order chi connectivity index (χ1) is 22.6. The Morgan fingerprint density at radius 3 is 2.04 bits per heavy atom. The van der Waals surface area contributed by atoms with Gasteiger partial charge in [0, 0.05) is 40.2 Å². The summed E-state index contributed by atoms with van der Waals surface area (Å²) in [5.41, 5.74) is 5.23. The molecule has 0 radical (unpaired) electrons. The van der Waals surface area contributed by atoms with Gasteiger partial charge in [0.2, 0.25) is 0 Å². The number of carbonyl (C=O) groups is 1. The van der Waals surface area contributed by atoms with Crippen molar-refractivity contribution in [1.29, 1.82) is 0 Å². The standard InChI is InChI=1S/C39H35Cl2FN4O/c1-24(2)36-44-26(4)35-34(21-27-7-5-25(3)6-8-27)39(30-13-19-33(42)20-14-30,38(47)43-22-28-9-15-31(40)16-10-28)46(37(35)45-36)23-29-11-17-32(41)18-12-29/h5-21,24H,22-23H2,1-4H3,(H,43,47)/b34-21-. The molecule has 4 aromatic carbocycles. The van der Waals surface area contributed by atoms with E-state index in [1.807, 2.05) is 85.5 Å². The molecule has 1 aliphatic rings. The lowest BCUT2D eigenvalue weighted by molar-refractivity contribution is -0.124. The highest BCUT2D eigenvalue weighted by atomic mass is 35.5. The van der Waals surface area contributed by atoms with Crippen molar-refractivity contribution >= 4 is 46.6 Å². The largest absolute Gasteiger partial charge is 0.349 e. The Kier molecular flexibility index (Phi) is 9.18.